The van der Waals surface area contributed by atoms with Crippen LogP contribution in [0.5, 0.6) is 0 Å². The van der Waals surface area contributed by atoms with Crippen molar-refractivity contribution < 1.29 is 0 Å². The minimum atomic E-state index is 0.878. The van der Waals surface area contributed by atoms with E-state index in [2.05, 4.69) is 22.2 Å². The van der Waals surface area contributed by atoms with Crippen LogP contribution in [0.1, 0.15) is 49.9 Å². The van der Waals surface area contributed by atoms with Crippen LogP contribution in [0.2, 0.25) is 0 Å². The molecule has 4 nitrogen and oxygen atoms in total. The number of unbranched alkanes of at least 4 members (excludes halogenated alkanes) is 4. The number of fused-ring (bicyclic) bond motifs is 1. The fourth-order valence-electron chi connectivity index (χ4n) is 1.74. The molecule has 16 heavy (non-hydrogen) atoms. The molecule has 0 aliphatic heterocycles. The summed E-state index contributed by atoms with van der Waals surface area (Å²) in [5, 5.41) is 13.7. The van der Waals surface area contributed by atoms with Gasteiger partial charge in [0.2, 0.25) is 4.96 Å². The number of rotatable bonds is 6. The summed E-state index contributed by atoms with van der Waals surface area (Å²) in [7, 11) is 0. The molecule has 0 atom stereocenters. The Bertz CT molecular complexity index is 446. The van der Waals surface area contributed by atoms with E-state index in [1.165, 1.54) is 37.1 Å². The van der Waals surface area contributed by atoms with Crippen LogP contribution in [0.4, 0.5) is 0 Å². The van der Waals surface area contributed by atoms with Crippen molar-refractivity contribution >= 4 is 16.3 Å². The Morgan fingerprint density at radius 3 is 2.69 bits per heavy atom. The van der Waals surface area contributed by atoms with Gasteiger partial charge in [-0.05, 0) is 13.3 Å². The smallest absolute Gasteiger partial charge is 0.188 e. The van der Waals surface area contributed by atoms with Crippen LogP contribution in [-0.2, 0) is 6.42 Å². The average Bonchev–Trinajstić information content (AvgIpc) is 2.81. The lowest BCUT2D eigenvalue weighted by Crippen LogP contribution is -1.91. The summed E-state index contributed by atoms with van der Waals surface area (Å²) in [6, 6.07) is 0. The Hall–Kier alpha value is -0.970. The minimum Gasteiger partial charge on any atom is -0.188 e. The van der Waals surface area contributed by atoms with Gasteiger partial charge in [-0.15, -0.1) is 10.2 Å². The molecule has 5 heteroatoms. The van der Waals surface area contributed by atoms with Crippen molar-refractivity contribution in [1.82, 2.24) is 19.8 Å². The van der Waals surface area contributed by atoms with Crippen molar-refractivity contribution in [3.8, 4) is 0 Å². The van der Waals surface area contributed by atoms with Crippen LogP contribution in [0, 0.1) is 6.92 Å². The summed E-state index contributed by atoms with van der Waals surface area (Å²) >= 11 is 1.66. The fraction of sp³-hybridized carbons (Fsp3) is 0.727. The molecule has 0 aliphatic rings. The molecule has 2 rings (SSSR count). The van der Waals surface area contributed by atoms with Gasteiger partial charge in [0.1, 0.15) is 5.01 Å². The molecule has 0 unspecified atom stereocenters. The zero-order valence-electron chi connectivity index (χ0n) is 9.94. The Morgan fingerprint density at radius 1 is 1.12 bits per heavy atom. The van der Waals surface area contributed by atoms with E-state index in [1.807, 2.05) is 11.4 Å². The van der Waals surface area contributed by atoms with E-state index >= 15 is 0 Å². The molecule has 0 amide bonds. The van der Waals surface area contributed by atoms with Crippen LogP contribution in [-0.4, -0.2) is 19.8 Å². The lowest BCUT2D eigenvalue weighted by atomic mass is 10.1. The van der Waals surface area contributed by atoms with E-state index in [0.717, 1.165) is 17.2 Å². The van der Waals surface area contributed by atoms with E-state index in [1.54, 1.807) is 11.3 Å². The standard InChI is InChI=1S/C11H18N4S/c1-3-4-5-6-7-8-10-14-15-9(2)12-13-11(15)16-10/h3-8H2,1-2H3. The van der Waals surface area contributed by atoms with Gasteiger partial charge in [0, 0.05) is 6.42 Å². The Balaban J connectivity index is 1.85. The van der Waals surface area contributed by atoms with E-state index < -0.39 is 0 Å². The van der Waals surface area contributed by atoms with Gasteiger partial charge in [-0.1, -0.05) is 43.9 Å². The van der Waals surface area contributed by atoms with Crippen LogP contribution in [0.3, 0.4) is 0 Å². The Kier molecular flexibility index (Phi) is 3.88. The second-order valence-corrected chi connectivity index (χ2v) is 5.14. The van der Waals surface area contributed by atoms with Gasteiger partial charge in [0.05, 0.1) is 0 Å². The molecule has 0 aliphatic carbocycles. The van der Waals surface area contributed by atoms with E-state index in [9.17, 15) is 0 Å². The highest BCUT2D eigenvalue weighted by Gasteiger charge is 2.07. The molecule has 0 spiro atoms. The van der Waals surface area contributed by atoms with Crippen molar-refractivity contribution in [2.75, 3.05) is 0 Å². The first-order valence-electron chi connectivity index (χ1n) is 5.99. The molecule has 2 heterocycles. The first-order chi connectivity index (χ1) is 7.81. The third kappa shape index (κ3) is 2.58. The molecule has 0 saturated heterocycles. The molecule has 0 aromatic carbocycles. The van der Waals surface area contributed by atoms with Gasteiger partial charge in [0.25, 0.3) is 0 Å². The molecule has 88 valence electrons. The van der Waals surface area contributed by atoms with Crippen LogP contribution < -0.4 is 0 Å². The molecular weight excluding hydrogens is 220 g/mol. The van der Waals surface area contributed by atoms with E-state index in [-0.39, 0.29) is 0 Å². The zero-order chi connectivity index (χ0) is 11.4. The topological polar surface area (TPSA) is 43.1 Å². The number of nitrogens with zero attached hydrogens (tertiary/aromatic N) is 4. The van der Waals surface area contributed by atoms with Gasteiger partial charge in [-0.25, -0.2) is 0 Å². The summed E-state index contributed by atoms with van der Waals surface area (Å²) in [4.78, 5) is 0.918. The van der Waals surface area contributed by atoms with Crippen molar-refractivity contribution in [3.63, 3.8) is 0 Å². The Morgan fingerprint density at radius 2 is 1.94 bits per heavy atom. The Labute approximate surface area is 99.7 Å². The summed E-state index contributed by atoms with van der Waals surface area (Å²) in [6.45, 7) is 4.18. The maximum absolute atomic E-state index is 4.50. The molecule has 0 N–H and O–H groups in total. The third-order valence-corrected chi connectivity index (χ3v) is 3.64. The predicted molar refractivity (Wildman–Crippen MR) is 65.9 cm³/mol. The lowest BCUT2D eigenvalue weighted by Gasteiger charge is -1.96. The molecule has 2 aromatic heterocycles. The first kappa shape index (κ1) is 11.5. The summed E-state index contributed by atoms with van der Waals surface area (Å²) < 4.78 is 1.84. The van der Waals surface area contributed by atoms with Crippen LogP contribution in [0.25, 0.3) is 4.96 Å². The number of hydrogen-bond donors (Lipinski definition) is 0. The molecular formula is C11H18N4S. The maximum Gasteiger partial charge on any atom is 0.234 e. The molecule has 0 radical (unpaired) electrons. The lowest BCUT2D eigenvalue weighted by molar-refractivity contribution is 0.628. The third-order valence-electron chi connectivity index (χ3n) is 2.68. The van der Waals surface area contributed by atoms with Gasteiger partial charge < -0.3 is 0 Å². The summed E-state index contributed by atoms with van der Waals surface area (Å²) in [5.74, 6) is 0.878. The first-order valence-corrected chi connectivity index (χ1v) is 6.80. The SMILES string of the molecule is CCCCCCCc1nn2c(C)nnc2s1. The zero-order valence-corrected chi connectivity index (χ0v) is 10.8. The van der Waals surface area contributed by atoms with Gasteiger partial charge >= 0.3 is 0 Å². The van der Waals surface area contributed by atoms with Crippen LogP contribution in [0.15, 0.2) is 0 Å². The highest BCUT2D eigenvalue weighted by atomic mass is 32.1. The van der Waals surface area contributed by atoms with Crippen molar-refractivity contribution in [2.45, 2.75) is 52.4 Å². The monoisotopic (exact) mass is 238 g/mol. The largest absolute Gasteiger partial charge is 0.234 e. The predicted octanol–water partition coefficient (Wildman–Crippen LogP) is 3.01. The minimum absolute atomic E-state index is 0.878. The van der Waals surface area contributed by atoms with E-state index in [0.29, 0.717) is 0 Å². The number of aryl methyl sites for hydroxylation is 2. The van der Waals surface area contributed by atoms with Gasteiger partial charge in [0.15, 0.2) is 5.82 Å². The fourth-order valence-corrected chi connectivity index (χ4v) is 2.66. The molecule has 0 bridgehead atoms. The quantitative estimate of drug-likeness (QED) is 0.727. The molecule has 2 aromatic rings. The van der Waals surface area contributed by atoms with Crippen molar-refractivity contribution in [3.05, 3.63) is 10.8 Å². The summed E-state index contributed by atoms with van der Waals surface area (Å²) in [6.07, 6.45) is 7.63. The highest BCUT2D eigenvalue weighted by molar-refractivity contribution is 7.16. The second-order valence-electron chi connectivity index (χ2n) is 4.10. The van der Waals surface area contributed by atoms with Gasteiger partial charge in [-0.3, -0.25) is 0 Å². The number of hydrogen-bond acceptors (Lipinski definition) is 4. The molecule has 0 saturated carbocycles. The van der Waals surface area contributed by atoms with E-state index in [4.69, 9.17) is 0 Å². The van der Waals surface area contributed by atoms with Gasteiger partial charge in [-0.2, -0.15) is 9.61 Å². The second kappa shape index (κ2) is 5.39. The highest BCUT2D eigenvalue weighted by Crippen LogP contribution is 2.16. The molecule has 0 fully saturated rings. The summed E-state index contributed by atoms with van der Waals surface area (Å²) in [5.41, 5.74) is 0. The van der Waals surface area contributed by atoms with Crippen molar-refractivity contribution in [2.24, 2.45) is 0 Å². The average molecular weight is 238 g/mol. The maximum atomic E-state index is 4.50. The van der Waals surface area contributed by atoms with Crippen LogP contribution >= 0.6 is 11.3 Å². The normalized spacial score (nSPS) is 11.4. The van der Waals surface area contributed by atoms with Crippen molar-refractivity contribution in [1.29, 1.82) is 0 Å². The number of aromatic nitrogens is 4.